The van der Waals surface area contributed by atoms with Crippen LogP contribution in [0.1, 0.15) is 11.1 Å². The predicted molar refractivity (Wildman–Crippen MR) is 82.9 cm³/mol. The highest BCUT2D eigenvalue weighted by atomic mass is 16.3. The Labute approximate surface area is 121 Å². The summed E-state index contributed by atoms with van der Waals surface area (Å²) >= 11 is 0. The summed E-state index contributed by atoms with van der Waals surface area (Å²) in [7, 11) is 0. The molecule has 0 amide bonds. The minimum Gasteiger partial charge on any atom is -0.464 e. The molecule has 4 nitrogen and oxygen atoms in total. The first-order chi connectivity index (χ1) is 10.4. The van der Waals surface area contributed by atoms with Crippen LogP contribution >= 0.6 is 0 Å². The van der Waals surface area contributed by atoms with E-state index in [-0.39, 0.29) is 0 Å². The number of nitrogens with one attached hydrogen (secondary N) is 2. The van der Waals surface area contributed by atoms with Crippen LogP contribution in [-0.2, 0) is 13.1 Å². The van der Waals surface area contributed by atoms with Gasteiger partial charge in [-0.05, 0) is 35.4 Å². The van der Waals surface area contributed by atoms with Crippen molar-refractivity contribution in [2.24, 2.45) is 0 Å². The monoisotopic (exact) mass is 277 g/mol. The predicted octanol–water partition coefficient (Wildman–Crippen LogP) is 3.60. The van der Waals surface area contributed by atoms with Gasteiger partial charge in [-0.1, -0.05) is 12.1 Å². The molecule has 0 aliphatic rings. The Balaban J connectivity index is 1.48. The first-order valence-corrected chi connectivity index (χ1v) is 6.98. The molecule has 4 aromatic rings. The minimum absolute atomic E-state index is 0.810. The van der Waals surface area contributed by atoms with Gasteiger partial charge >= 0.3 is 0 Å². The van der Waals surface area contributed by atoms with E-state index < -0.39 is 0 Å². The van der Waals surface area contributed by atoms with Crippen LogP contribution in [0.25, 0.3) is 22.0 Å². The van der Waals surface area contributed by atoms with Gasteiger partial charge in [-0.15, -0.1) is 0 Å². The molecule has 3 aromatic heterocycles. The summed E-state index contributed by atoms with van der Waals surface area (Å²) < 4.78 is 5.43. The molecular weight excluding hydrogens is 262 g/mol. The van der Waals surface area contributed by atoms with Gasteiger partial charge in [-0.25, -0.2) is 4.98 Å². The van der Waals surface area contributed by atoms with Crippen LogP contribution < -0.4 is 5.32 Å². The zero-order valence-corrected chi connectivity index (χ0v) is 11.5. The lowest BCUT2D eigenvalue weighted by molar-refractivity contribution is 0.614. The smallest absolute Gasteiger partial charge is 0.137 e. The van der Waals surface area contributed by atoms with Crippen molar-refractivity contribution < 1.29 is 4.42 Å². The Morgan fingerprint density at radius 1 is 1.10 bits per heavy atom. The number of furan rings is 1. The normalized spacial score (nSPS) is 11.4. The first-order valence-electron chi connectivity index (χ1n) is 6.98. The molecule has 0 fully saturated rings. The number of nitrogens with zero attached hydrogens (tertiary/aromatic N) is 1. The van der Waals surface area contributed by atoms with Gasteiger partial charge in [0.25, 0.3) is 0 Å². The zero-order chi connectivity index (χ0) is 14.1. The molecule has 2 N–H and O–H groups in total. The van der Waals surface area contributed by atoms with E-state index in [1.54, 1.807) is 6.26 Å². The highest BCUT2D eigenvalue weighted by Gasteiger charge is 2.03. The molecule has 0 atom stereocenters. The zero-order valence-electron chi connectivity index (χ0n) is 11.5. The second kappa shape index (κ2) is 5.07. The van der Waals surface area contributed by atoms with E-state index in [1.807, 2.05) is 18.5 Å². The number of rotatable bonds is 4. The van der Waals surface area contributed by atoms with Gasteiger partial charge in [0.05, 0.1) is 6.26 Å². The Kier molecular flexibility index (Phi) is 2.94. The summed E-state index contributed by atoms with van der Waals surface area (Å²) in [5.74, 6) is 0. The third-order valence-electron chi connectivity index (χ3n) is 3.72. The SMILES string of the molecule is c1cc(CNCc2ccc3ccoc3c2)c2cc[nH]c2n1. The van der Waals surface area contributed by atoms with Crippen molar-refractivity contribution in [2.75, 3.05) is 0 Å². The van der Waals surface area contributed by atoms with Crippen molar-refractivity contribution in [3.63, 3.8) is 0 Å². The molecule has 0 saturated heterocycles. The van der Waals surface area contributed by atoms with Gasteiger partial charge in [0.1, 0.15) is 11.2 Å². The third-order valence-corrected chi connectivity index (χ3v) is 3.72. The summed E-state index contributed by atoms with van der Waals surface area (Å²) in [6.45, 7) is 1.62. The van der Waals surface area contributed by atoms with E-state index in [4.69, 9.17) is 4.42 Å². The summed E-state index contributed by atoms with van der Waals surface area (Å²) in [6, 6.07) is 12.4. The number of pyridine rings is 1. The second-order valence-electron chi connectivity index (χ2n) is 5.11. The van der Waals surface area contributed by atoms with Gasteiger partial charge in [0.2, 0.25) is 0 Å². The highest BCUT2D eigenvalue weighted by Crippen LogP contribution is 2.18. The lowest BCUT2D eigenvalue weighted by Gasteiger charge is -2.06. The van der Waals surface area contributed by atoms with Crippen LogP contribution in [0.4, 0.5) is 0 Å². The molecule has 0 radical (unpaired) electrons. The van der Waals surface area contributed by atoms with Gasteiger partial charge in [-0.2, -0.15) is 0 Å². The molecule has 21 heavy (non-hydrogen) atoms. The standard InChI is InChI=1S/C17H15N3O/c1-2-13-5-8-21-16(13)9-12(1)10-18-11-14-3-6-19-17-15(14)4-7-20-17/h1-9,18H,10-11H2,(H,19,20). The topological polar surface area (TPSA) is 53.9 Å². The third kappa shape index (κ3) is 2.30. The molecule has 0 spiro atoms. The van der Waals surface area contributed by atoms with Crippen molar-refractivity contribution in [2.45, 2.75) is 13.1 Å². The van der Waals surface area contributed by atoms with Crippen molar-refractivity contribution in [3.05, 3.63) is 66.2 Å². The Hall–Kier alpha value is -2.59. The molecule has 0 unspecified atom stereocenters. The van der Waals surface area contributed by atoms with Crippen molar-refractivity contribution in [3.8, 4) is 0 Å². The molecule has 0 saturated carbocycles. The molecule has 104 valence electrons. The molecule has 3 heterocycles. The number of aromatic amines is 1. The number of hydrogen-bond acceptors (Lipinski definition) is 3. The quantitative estimate of drug-likeness (QED) is 0.599. The van der Waals surface area contributed by atoms with Crippen LogP contribution in [0, 0.1) is 0 Å². The largest absolute Gasteiger partial charge is 0.464 e. The number of benzene rings is 1. The van der Waals surface area contributed by atoms with Crippen LogP contribution in [0.2, 0.25) is 0 Å². The summed E-state index contributed by atoms with van der Waals surface area (Å²) in [5.41, 5.74) is 4.34. The Bertz CT molecular complexity index is 891. The van der Waals surface area contributed by atoms with Gasteiger partial charge in [0.15, 0.2) is 0 Å². The fourth-order valence-electron chi connectivity index (χ4n) is 2.62. The number of fused-ring (bicyclic) bond motifs is 2. The molecule has 0 bridgehead atoms. The maximum absolute atomic E-state index is 5.43. The molecule has 0 aliphatic heterocycles. The molecule has 1 aromatic carbocycles. The van der Waals surface area contributed by atoms with E-state index in [1.165, 1.54) is 16.5 Å². The van der Waals surface area contributed by atoms with Crippen LogP contribution in [0.15, 0.2) is 59.5 Å². The van der Waals surface area contributed by atoms with E-state index in [0.717, 1.165) is 29.7 Å². The van der Waals surface area contributed by atoms with Crippen LogP contribution in [0.3, 0.4) is 0 Å². The molecular formula is C17H15N3O. The highest BCUT2D eigenvalue weighted by molar-refractivity contribution is 5.79. The lowest BCUT2D eigenvalue weighted by atomic mass is 10.1. The number of hydrogen-bond donors (Lipinski definition) is 2. The Morgan fingerprint density at radius 3 is 3.10 bits per heavy atom. The van der Waals surface area contributed by atoms with Crippen LogP contribution in [-0.4, -0.2) is 9.97 Å². The van der Waals surface area contributed by atoms with Crippen molar-refractivity contribution >= 4 is 22.0 Å². The van der Waals surface area contributed by atoms with E-state index >= 15 is 0 Å². The molecule has 4 rings (SSSR count). The second-order valence-corrected chi connectivity index (χ2v) is 5.11. The van der Waals surface area contributed by atoms with E-state index in [0.29, 0.717) is 0 Å². The first kappa shape index (κ1) is 12.2. The maximum Gasteiger partial charge on any atom is 0.137 e. The lowest BCUT2D eigenvalue weighted by Crippen LogP contribution is -2.12. The van der Waals surface area contributed by atoms with E-state index in [9.17, 15) is 0 Å². The fourth-order valence-corrected chi connectivity index (χ4v) is 2.62. The average molecular weight is 277 g/mol. The number of aromatic nitrogens is 2. The fraction of sp³-hybridized carbons (Fsp3) is 0.118. The number of H-pyrrole nitrogens is 1. The maximum atomic E-state index is 5.43. The molecule has 0 aliphatic carbocycles. The van der Waals surface area contributed by atoms with Crippen molar-refractivity contribution in [1.29, 1.82) is 0 Å². The summed E-state index contributed by atoms with van der Waals surface area (Å²) in [5, 5.41) is 5.79. The van der Waals surface area contributed by atoms with Gasteiger partial charge in [-0.3, -0.25) is 0 Å². The van der Waals surface area contributed by atoms with Gasteiger partial charge < -0.3 is 14.7 Å². The Morgan fingerprint density at radius 2 is 2.10 bits per heavy atom. The van der Waals surface area contributed by atoms with Crippen molar-refractivity contribution in [1.82, 2.24) is 15.3 Å². The van der Waals surface area contributed by atoms with Crippen LogP contribution in [0.5, 0.6) is 0 Å². The minimum atomic E-state index is 0.810. The van der Waals surface area contributed by atoms with Gasteiger partial charge in [0, 0.05) is 36.3 Å². The molecule has 4 heteroatoms. The summed E-state index contributed by atoms with van der Waals surface area (Å²) in [4.78, 5) is 7.43. The average Bonchev–Trinajstić information content (AvgIpc) is 3.15. The summed E-state index contributed by atoms with van der Waals surface area (Å²) in [6.07, 6.45) is 5.48. The van der Waals surface area contributed by atoms with E-state index in [2.05, 4.69) is 45.6 Å².